The molecule has 0 saturated carbocycles. The molecule has 2 aliphatic rings. The lowest BCUT2D eigenvalue weighted by Gasteiger charge is -2.28. The van der Waals surface area contributed by atoms with Crippen LogP contribution in [-0.2, 0) is 9.53 Å². The second kappa shape index (κ2) is 13.3. The fourth-order valence-corrected chi connectivity index (χ4v) is 6.90. The van der Waals surface area contributed by atoms with Crippen LogP contribution in [0.5, 0.6) is 0 Å². The predicted molar refractivity (Wildman–Crippen MR) is 117 cm³/mol. The number of hydroxylamine groups is 1. The summed E-state index contributed by atoms with van der Waals surface area (Å²) in [5, 5.41) is 9.11. The highest BCUT2D eigenvalue weighted by Crippen LogP contribution is 2.46. The minimum Gasteiger partial charge on any atom is -0.374 e. The van der Waals surface area contributed by atoms with E-state index in [-0.39, 0.29) is 5.91 Å². The SMILES string of the molecule is CCCCCCSCC1C2CCC(O2)C1CCSC(C)CCCC(=O)NO. The Morgan fingerprint density at radius 3 is 2.67 bits per heavy atom. The van der Waals surface area contributed by atoms with Gasteiger partial charge >= 0.3 is 0 Å². The molecule has 158 valence electrons. The van der Waals surface area contributed by atoms with E-state index in [1.165, 1.54) is 62.2 Å². The molecule has 5 unspecified atom stereocenters. The smallest absolute Gasteiger partial charge is 0.243 e. The van der Waals surface area contributed by atoms with Gasteiger partial charge in [-0.15, -0.1) is 0 Å². The summed E-state index contributed by atoms with van der Waals surface area (Å²) in [5.74, 6) is 5.04. The van der Waals surface area contributed by atoms with Crippen molar-refractivity contribution < 1.29 is 14.7 Å². The first-order chi connectivity index (χ1) is 13.2. The molecule has 2 saturated heterocycles. The lowest BCUT2D eigenvalue weighted by molar-refractivity contribution is -0.129. The third-order valence-electron chi connectivity index (χ3n) is 6.04. The van der Waals surface area contributed by atoms with Gasteiger partial charge in [0.05, 0.1) is 12.2 Å². The van der Waals surface area contributed by atoms with Gasteiger partial charge in [-0.1, -0.05) is 33.1 Å². The number of thioether (sulfide) groups is 2. The van der Waals surface area contributed by atoms with Crippen LogP contribution in [0, 0.1) is 11.8 Å². The number of rotatable bonds is 15. The van der Waals surface area contributed by atoms with E-state index in [1.54, 1.807) is 5.48 Å². The summed E-state index contributed by atoms with van der Waals surface area (Å²) < 4.78 is 6.26. The van der Waals surface area contributed by atoms with Crippen molar-refractivity contribution in [3.05, 3.63) is 0 Å². The Morgan fingerprint density at radius 1 is 1.15 bits per heavy atom. The molecule has 0 spiro atoms. The largest absolute Gasteiger partial charge is 0.374 e. The van der Waals surface area contributed by atoms with Gasteiger partial charge in [-0.05, 0) is 67.6 Å². The van der Waals surface area contributed by atoms with E-state index in [4.69, 9.17) is 9.94 Å². The van der Waals surface area contributed by atoms with Crippen LogP contribution in [0.15, 0.2) is 0 Å². The van der Waals surface area contributed by atoms with Gasteiger partial charge in [0.1, 0.15) is 0 Å². The normalized spacial score (nSPS) is 27.8. The molecule has 4 nitrogen and oxygen atoms in total. The molecule has 0 aromatic rings. The van der Waals surface area contributed by atoms with Crippen LogP contribution in [0.1, 0.15) is 78.1 Å². The average molecular weight is 418 g/mol. The number of carbonyl (C=O) groups excluding carboxylic acids is 1. The topological polar surface area (TPSA) is 58.6 Å². The number of ether oxygens (including phenoxy) is 1. The first-order valence-electron chi connectivity index (χ1n) is 10.9. The summed E-state index contributed by atoms with van der Waals surface area (Å²) in [6, 6.07) is 0. The Kier molecular flexibility index (Phi) is 11.5. The van der Waals surface area contributed by atoms with Crippen molar-refractivity contribution in [3.63, 3.8) is 0 Å². The van der Waals surface area contributed by atoms with E-state index in [0.717, 1.165) is 24.7 Å². The molecular weight excluding hydrogens is 378 g/mol. The van der Waals surface area contributed by atoms with Gasteiger partial charge in [-0.2, -0.15) is 23.5 Å². The molecule has 5 atom stereocenters. The summed E-state index contributed by atoms with van der Waals surface area (Å²) >= 11 is 4.19. The lowest BCUT2D eigenvalue weighted by atomic mass is 9.79. The van der Waals surface area contributed by atoms with Crippen molar-refractivity contribution in [1.29, 1.82) is 0 Å². The van der Waals surface area contributed by atoms with Crippen LogP contribution in [0.25, 0.3) is 0 Å². The van der Waals surface area contributed by atoms with Gasteiger partial charge in [0.15, 0.2) is 0 Å². The van der Waals surface area contributed by atoms with Crippen LogP contribution < -0.4 is 5.48 Å². The summed E-state index contributed by atoms with van der Waals surface area (Å²) in [5.41, 5.74) is 1.71. The predicted octanol–water partition coefficient (Wildman–Crippen LogP) is 5.28. The summed E-state index contributed by atoms with van der Waals surface area (Å²) in [6.07, 6.45) is 12.6. The zero-order valence-corrected chi connectivity index (χ0v) is 18.8. The second-order valence-corrected chi connectivity index (χ2v) is 10.8. The monoisotopic (exact) mass is 417 g/mol. The third kappa shape index (κ3) is 8.15. The Balaban J connectivity index is 1.61. The van der Waals surface area contributed by atoms with E-state index in [9.17, 15) is 4.79 Å². The molecular formula is C21H39NO3S2. The molecule has 0 aromatic carbocycles. The number of nitrogens with one attached hydrogen (secondary N) is 1. The molecule has 2 fully saturated rings. The van der Waals surface area contributed by atoms with E-state index >= 15 is 0 Å². The molecule has 27 heavy (non-hydrogen) atoms. The number of amides is 1. The van der Waals surface area contributed by atoms with Crippen molar-refractivity contribution in [3.8, 4) is 0 Å². The van der Waals surface area contributed by atoms with Crippen molar-refractivity contribution in [1.82, 2.24) is 5.48 Å². The molecule has 0 aromatic heterocycles. The van der Waals surface area contributed by atoms with Gasteiger partial charge in [-0.25, -0.2) is 5.48 Å². The first kappa shape index (κ1) is 23.4. The highest BCUT2D eigenvalue weighted by atomic mass is 32.2. The van der Waals surface area contributed by atoms with Gasteiger partial charge in [0.25, 0.3) is 0 Å². The Labute approximate surface area is 174 Å². The van der Waals surface area contributed by atoms with Gasteiger partial charge in [-0.3, -0.25) is 10.0 Å². The Bertz CT molecular complexity index is 424. The van der Waals surface area contributed by atoms with Crippen molar-refractivity contribution >= 4 is 29.4 Å². The van der Waals surface area contributed by atoms with Crippen molar-refractivity contribution in [2.45, 2.75) is 95.5 Å². The zero-order valence-electron chi connectivity index (χ0n) is 17.2. The first-order valence-corrected chi connectivity index (χ1v) is 13.1. The van der Waals surface area contributed by atoms with Crippen molar-refractivity contribution in [2.75, 3.05) is 17.3 Å². The summed E-state index contributed by atoms with van der Waals surface area (Å²) in [4.78, 5) is 11.1. The minimum absolute atomic E-state index is 0.277. The molecule has 0 aliphatic carbocycles. The Hall–Kier alpha value is 0.0900. The number of fused-ring (bicyclic) bond motifs is 2. The molecule has 0 radical (unpaired) electrons. The molecule has 1 amide bonds. The standard InChI is InChI=1S/C21H39NO3S2/c1-3-4-5-6-13-26-15-18-17(19-10-11-20(18)25-19)12-14-27-16(2)8-7-9-21(23)22-24/h16-20,24H,3-15H2,1-2H3,(H,22,23). The van der Waals surface area contributed by atoms with Crippen LogP contribution in [0.4, 0.5) is 0 Å². The van der Waals surface area contributed by atoms with Crippen LogP contribution in [0.3, 0.4) is 0 Å². The van der Waals surface area contributed by atoms with E-state index in [2.05, 4.69) is 25.6 Å². The van der Waals surface area contributed by atoms with Crippen LogP contribution in [0.2, 0.25) is 0 Å². The highest BCUT2D eigenvalue weighted by molar-refractivity contribution is 7.99. The Morgan fingerprint density at radius 2 is 1.93 bits per heavy atom. The average Bonchev–Trinajstić information content (AvgIpc) is 3.26. The summed E-state index contributed by atoms with van der Waals surface area (Å²) in [7, 11) is 0. The molecule has 2 heterocycles. The molecule has 2 bridgehead atoms. The number of unbranched alkanes of at least 4 members (excludes halogenated alkanes) is 3. The quantitative estimate of drug-likeness (QED) is 0.216. The van der Waals surface area contributed by atoms with Gasteiger partial charge in [0, 0.05) is 11.7 Å². The highest BCUT2D eigenvalue weighted by Gasteiger charge is 2.47. The van der Waals surface area contributed by atoms with Crippen LogP contribution in [-0.4, -0.2) is 45.8 Å². The number of carbonyl (C=O) groups is 1. The molecule has 2 aliphatic heterocycles. The van der Waals surface area contributed by atoms with Crippen molar-refractivity contribution in [2.24, 2.45) is 11.8 Å². The van der Waals surface area contributed by atoms with E-state index < -0.39 is 0 Å². The molecule has 6 heteroatoms. The van der Waals surface area contributed by atoms with Gasteiger partial charge in [0.2, 0.25) is 5.91 Å². The van der Waals surface area contributed by atoms with E-state index in [1.807, 2.05) is 11.8 Å². The second-order valence-electron chi connectivity index (χ2n) is 8.15. The fraction of sp³-hybridized carbons (Fsp3) is 0.952. The molecule has 2 N–H and O–H groups in total. The summed E-state index contributed by atoms with van der Waals surface area (Å²) in [6.45, 7) is 4.53. The van der Waals surface area contributed by atoms with E-state index in [0.29, 0.717) is 23.9 Å². The maximum atomic E-state index is 11.1. The van der Waals surface area contributed by atoms with Crippen LogP contribution >= 0.6 is 23.5 Å². The third-order valence-corrected chi connectivity index (χ3v) is 8.51. The number of hydrogen-bond acceptors (Lipinski definition) is 5. The number of hydrogen-bond donors (Lipinski definition) is 2. The maximum absolute atomic E-state index is 11.1. The van der Waals surface area contributed by atoms with Gasteiger partial charge < -0.3 is 4.74 Å². The maximum Gasteiger partial charge on any atom is 0.243 e. The lowest BCUT2D eigenvalue weighted by Crippen LogP contribution is -2.29. The fourth-order valence-electron chi connectivity index (χ4n) is 4.45. The zero-order chi connectivity index (χ0) is 19.5. The molecule has 2 rings (SSSR count). The minimum atomic E-state index is -0.277.